The first-order valence-electron chi connectivity index (χ1n) is 18.7. The van der Waals surface area contributed by atoms with E-state index < -0.39 is 0 Å². The third kappa shape index (κ3) is 6.18. The van der Waals surface area contributed by atoms with Gasteiger partial charge in [-0.25, -0.2) is 9.97 Å². The summed E-state index contributed by atoms with van der Waals surface area (Å²) in [6.45, 7) is 0. The van der Waals surface area contributed by atoms with E-state index in [4.69, 9.17) is 9.97 Å². The van der Waals surface area contributed by atoms with Gasteiger partial charge in [0.05, 0.1) is 22.4 Å². The van der Waals surface area contributed by atoms with Crippen LogP contribution in [0.3, 0.4) is 0 Å². The lowest BCUT2D eigenvalue weighted by Gasteiger charge is -2.13. The van der Waals surface area contributed by atoms with Gasteiger partial charge >= 0.3 is 0 Å². The van der Waals surface area contributed by atoms with Gasteiger partial charge in [-0.2, -0.15) is 0 Å². The second-order valence-corrected chi connectivity index (χ2v) is 13.9. The van der Waals surface area contributed by atoms with Gasteiger partial charge in [0.2, 0.25) is 0 Å². The van der Waals surface area contributed by atoms with Crippen molar-refractivity contribution in [1.29, 1.82) is 0 Å². The Bertz CT molecular complexity index is 2950. The van der Waals surface area contributed by atoms with Gasteiger partial charge in [-0.1, -0.05) is 176 Å². The monoisotopic (exact) mass is 701 g/mol. The fourth-order valence-corrected chi connectivity index (χ4v) is 7.66. The molecule has 0 aliphatic carbocycles. The van der Waals surface area contributed by atoms with Crippen LogP contribution in [0.1, 0.15) is 0 Å². The molecule has 10 rings (SSSR count). The molecule has 0 aliphatic heterocycles. The van der Waals surface area contributed by atoms with Crippen molar-refractivity contribution >= 4 is 21.8 Å². The molecule has 0 saturated carbocycles. The lowest BCUT2D eigenvalue weighted by Crippen LogP contribution is -1.98. The molecule has 3 heteroatoms. The van der Waals surface area contributed by atoms with E-state index in [2.05, 4.69) is 205 Å². The zero-order valence-corrected chi connectivity index (χ0v) is 30.0. The van der Waals surface area contributed by atoms with Crippen molar-refractivity contribution in [2.75, 3.05) is 0 Å². The highest BCUT2D eigenvalue weighted by Gasteiger charge is 2.16. The molecule has 8 aromatic carbocycles. The van der Waals surface area contributed by atoms with Gasteiger partial charge in [0.15, 0.2) is 5.82 Å². The Balaban J connectivity index is 1.10. The average Bonchev–Trinajstić information content (AvgIpc) is 3.61. The van der Waals surface area contributed by atoms with Crippen molar-refractivity contribution in [3.05, 3.63) is 212 Å². The second kappa shape index (κ2) is 13.9. The lowest BCUT2D eigenvalue weighted by atomic mass is 9.98. The quantitative estimate of drug-likeness (QED) is 0.166. The third-order valence-electron chi connectivity index (χ3n) is 10.4. The fraction of sp³-hybridized carbons (Fsp3) is 0. The molecular weight excluding hydrogens is 667 g/mol. The number of rotatable bonds is 7. The molecule has 258 valence electrons. The highest BCUT2D eigenvalue weighted by atomic mass is 15.0. The van der Waals surface area contributed by atoms with Crippen molar-refractivity contribution in [2.45, 2.75) is 0 Å². The molecule has 0 radical (unpaired) electrons. The molecule has 0 spiro atoms. The van der Waals surface area contributed by atoms with Crippen LogP contribution < -0.4 is 0 Å². The van der Waals surface area contributed by atoms with Gasteiger partial charge in [-0.3, -0.25) is 0 Å². The molecule has 2 aromatic heterocycles. The molecule has 0 atom stereocenters. The summed E-state index contributed by atoms with van der Waals surface area (Å²) < 4.78 is 2.39. The minimum absolute atomic E-state index is 0.695. The number of aromatic nitrogens is 3. The first kappa shape index (κ1) is 32.3. The Kier molecular flexibility index (Phi) is 8.16. The highest BCUT2D eigenvalue weighted by Crippen LogP contribution is 2.37. The minimum atomic E-state index is 0.695. The summed E-state index contributed by atoms with van der Waals surface area (Å²) in [6.07, 6.45) is 0. The number of hydrogen-bond donors (Lipinski definition) is 0. The van der Waals surface area contributed by atoms with E-state index in [1.165, 1.54) is 38.6 Å². The Morgan fingerprint density at radius 3 is 1.47 bits per heavy atom. The Morgan fingerprint density at radius 2 is 0.745 bits per heavy atom. The third-order valence-corrected chi connectivity index (χ3v) is 10.4. The maximum absolute atomic E-state index is 5.22. The van der Waals surface area contributed by atoms with Crippen LogP contribution in [0.15, 0.2) is 212 Å². The molecule has 0 bridgehead atoms. The summed E-state index contributed by atoms with van der Waals surface area (Å²) in [5.41, 5.74) is 15.3. The van der Waals surface area contributed by atoms with Crippen molar-refractivity contribution < 1.29 is 0 Å². The number of hydrogen-bond acceptors (Lipinski definition) is 2. The van der Waals surface area contributed by atoms with E-state index in [9.17, 15) is 0 Å². The molecule has 2 heterocycles. The molecule has 55 heavy (non-hydrogen) atoms. The van der Waals surface area contributed by atoms with Crippen LogP contribution in [0.25, 0.3) is 94.8 Å². The summed E-state index contributed by atoms with van der Waals surface area (Å²) in [4.78, 5) is 10.3. The van der Waals surface area contributed by atoms with Gasteiger partial charge in [0.25, 0.3) is 0 Å². The summed E-state index contributed by atoms with van der Waals surface area (Å²) in [5.74, 6) is 0.695. The SMILES string of the molecule is c1ccc(-c2ccc(-c3nc(-c4ccccc4)cc(-c4cccc(-n5c6ccccc6c6ccc(-c7cccc(-c8ccccc8)c7)cc65)c4)n3)cc2)cc1. The van der Waals surface area contributed by atoms with Crippen LogP contribution in [0.2, 0.25) is 0 Å². The van der Waals surface area contributed by atoms with E-state index in [1.54, 1.807) is 0 Å². The maximum Gasteiger partial charge on any atom is 0.160 e. The Morgan fingerprint density at radius 1 is 0.273 bits per heavy atom. The van der Waals surface area contributed by atoms with Crippen molar-refractivity contribution in [2.24, 2.45) is 0 Å². The fourth-order valence-electron chi connectivity index (χ4n) is 7.66. The normalized spacial score (nSPS) is 11.3. The van der Waals surface area contributed by atoms with Gasteiger partial charge in [0.1, 0.15) is 0 Å². The van der Waals surface area contributed by atoms with Crippen LogP contribution in [0, 0.1) is 0 Å². The Labute approximate surface area is 320 Å². The summed E-state index contributed by atoms with van der Waals surface area (Å²) in [6, 6.07) is 75.1. The molecule has 10 aromatic rings. The van der Waals surface area contributed by atoms with E-state index in [0.717, 1.165) is 50.4 Å². The first-order chi connectivity index (χ1) is 27.2. The van der Waals surface area contributed by atoms with Crippen LogP contribution in [-0.2, 0) is 0 Å². The number of benzene rings is 8. The van der Waals surface area contributed by atoms with Gasteiger partial charge in [0, 0.05) is 33.2 Å². The average molecular weight is 702 g/mol. The second-order valence-electron chi connectivity index (χ2n) is 13.9. The summed E-state index contributed by atoms with van der Waals surface area (Å²) >= 11 is 0. The van der Waals surface area contributed by atoms with Crippen molar-refractivity contribution in [1.82, 2.24) is 14.5 Å². The van der Waals surface area contributed by atoms with E-state index in [0.29, 0.717) is 5.82 Å². The van der Waals surface area contributed by atoms with Crippen LogP contribution in [0.5, 0.6) is 0 Å². The van der Waals surface area contributed by atoms with Gasteiger partial charge in [-0.05, 0) is 69.8 Å². The number of fused-ring (bicyclic) bond motifs is 3. The van der Waals surface area contributed by atoms with E-state index in [-0.39, 0.29) is 0 Å². The number of nitrogens with zero attached hydrogens (tertiary/aromatic N) is 3. The molecule has 0 saturated heterocycles. The first-order valence-corrected chi connectivity index (χ1v) is 18.7. The van der Waals surface area contributed by atoms with Gasteiger partial charge < -0.3 is 4.57 Å². The molecule has 0 N–H and O–H groups in total. The Hall–Kier alpha value is -7.36. The minimum Gasteiger partial charge on any atom is -0.309 e. The van der Waals surface area contributed by atoms with E-state index >= 15 is 0 Å². The largest absolute Gasteiger partial charge is 0.309 e. The summed E-state index contributed by atoms with van der Waals surface area (Å²) in [5, 5.41) is 2.45. The van der Waals surface area contributed by atoms with Crippen molar-refractivity contribution in [3.63, 3.8) is 0 Å². The molecule has 0 unspecified atom stereocenters. The number of para-hydroxylation sites is 1. The van der Waals surface area contributed by atoms with Crippen molar-refractivity contribution in [3.8, 4) is 73.0 Å². The highest BCUT2D eigenvalue weighted by molar-refractivity contribution is 6.10. The lowest BCUT2D eigenvalue weighted by molar-refractivity contribution is 1.16. The van der Waals surface area contributed by atoms with Crippen LogP contribution in [0.4, 0.5) is 0 Å². The van der Waals surface area contributed by atoms with Crippen LogP contribution in [-0.4, -0.2) is 14.5 Å². The predicted molar refractivity (Wildman–Crippen MR) is 229 cm³/mol. The molecule has 0 aliphatic rings. The van der Waals surface area contributed by atoms with Crippen LogP contribution >= 0.6 is 0 Å². The topological polar surface area (TPSA) is 30.7 Å². The van der Waals surface area contributed by atoms with E-state index in [1.807, 2.05) is 12.1 Å². The molecule has 0 amide bonds. The molecule has 3 nitrogen and oxygen atoms in total. The standard InChI is InChI=1S/C52H35N3/c1-4-14-36(15-5-1)38-26-28-40(29-27-38)52-53-48(39-18-8-3-9-19-39)35-49(54-52)44-22-13-23-45(33-44)55-50-25-11-10-24-46(50)47-31-30-43(34-51(47)55)42-21-12-20-41(32-42)37-16-6-2-7-17-37/h1-35H. The molecular formula is C52H35N3. The smallest absolute Gasteiger partial charge is 0.160 e. The summed E-state index contributed by atoms with van der Waals surface area (Å²) in [7, 11) is 0. The van der Waals surface area contributed by atoms with Gasteiger partial charge in [-0.15, -0.1) is 0 Å². The molecule has 0 fully saturated rings. The zero-order valence-electron chi connectivity index (χ0n) is 30.0. The zero-order chi connectivity index (χ0) is 36.6. The maximum atomic E-state index is 5.22. The predicted octanol–water partition coefficient (Wildman–Crippen LogP) is 13.6.